The van der Waals surface area contributed by atoms with Crippen molar-refractivity contribution < 1.29 is 9.53 Å². The molecule has 0 saturated carbocycles. The Morgan fingerprint density at radius 3 is 3.19 bits per heavy atom. The van der Waals surface area contributed by atoms with Gasteiger partial charge in [-0.1, -0.05) is 6.08 Å². The number of esters is 1. The van der Waals surface area contributed by atoms with Crippen LogP contribution in [-0.2, 0) is 11.3 Å². The van der Waals surface area contributed by atoms with Crippen LogP contribution >= 0.6 is 11.3 Å². The van der Waals surface area contributed by atoms with Crippen LogP contribution in [0, 0.1) is 0 Å². The summed E-state index contributed by atoms with van der Waals surface area (Å²) in [6, 6.07) is 3.88. The van der Waals surface area contributed by atoms with Gasteiger partial charge in [0.15, 0.2) is 0 Å². The van der Waals surface area contributed by atoms with Crippen LogP contribution in [0.2, 0.25) is 0 Å². The standard InChI is InChI=1S/C12H13NO2S/c1-3-6-13-9-5-7-16-11(9)8-10(13)12(14)15-4-2/h3,5,7-8H,1,4,6H2,2H3. The predicted molar refractivity (Wildman–Crippen MR) is 66.0 cm³/mol. The number of nitrogens with zero attached hydrogens (tertiary/aromatic N) is 1. The van der Waals surface area contributed by atoms with Crippen molar-refractivity contribution in [3.8, 4) is 0 Å². The lowest BCUT2D eigenvalue weighted by molar-refractivity contribution is 0.0515. The second-order valence-corrected chi connectivity index (χ2v) is 4.27. The van der Waals surface area contributed by atoms with Gasteiger partial charge in [0, 0.05) is 6.54 Å². The van der Waals surface area contributed by atoms with Crippen LogP contribution < -0.4 is 0 Å². The quantitative estimate of drug-likeness (QED) is 0.602. The Kier molecular flexibility index (Phi) is 3.10. The van der Waals surface area contributed by atoms with E-state index in [0.29, 0.717) is 18.8 Å². The fraction of sp³-hybridized carbons (Fsp3) is 0.250. The molecule has 2 aromatic heterocycles. The van der Waals surface area contributed by atoms with E-state index in [0.717, 1.165) is 10.2 Å². The van der Waals surface area contributed by atoms with Crippen LogP contribution in [0.4, 0.5) is 0 Å². The molecule has 0 aliphatic carbocycles. The Morgan fingerprint density at radius 1 is 1.69 bits per heavy atom. The predicted octanol–water partition coefficient (Wildman–Crippen LogP) is 3.07. The second-order valence-electron chi connectivity index (χ2n) is 3.32. The number of carbonyl (C=O) groups is 1. The maximum Gasteiger partial charge on any atom is 0.355 e. The van der Waals surface area contributed by atoms with Crippen LogP contribution in [0.1, 0.15) is 17.4 Å². The highest BCUT2D eigenvalue weighted by molar-refractivity contribution is 7.17. The summed E-state index contributed by atoms with van der Waals surface area (Å²) < 4.78 is 8.05. The number of rotatable bonds is 4. The summed E-state index contributed by atoms with van der Waals surface area (Å²) in [7, 11) is 0. The third-order valence-electron chi connectivity index (χ3n) is 2.32. The van der Waals surface area contributed by atoms with Crippen molar-refractivity contribution in [2.75, 3.05) is 6.61 Å². The van der Waals surface area contributed by atoms with Crippen molar-refractivity contribution in [2.45, 2.75) is 13.5 Å². The fourth-order valence-corrected chi connectivity index (χ4v) is 2.50. The molecule has 0 saturated heterocycles. The molecule has 2 aromatic rings. The lowest BCUT2D eigenvalue weighted by Crippen LogP contribution is -2.11. The minimum Gasteiger partial charge on any atom is -0.461 e. The zero-order valence-electron chi connectivity index (χ0n) is 9.10. The van der Waals surface area contributed by atoms with Crippen LogP contribution in [0.5, 0.6) is 0 Å². The van der Waals surface area contributed by atoms with Gasteiger partial charge in [-0.2, -0.15) is 0 Å². The van der Waals surface area contributed by atoms with Crippen LogP contribution in [0.15, 0.2) is 30.2 Å². The lowest BCUT2D eigenvalue weighted by Gasteiger charge is -2.06. The molecule has 2 heterocycles. The molecule has 0 radical (unpaired) electrons. The molecule has 0 amide bonds. The van der Waals surface area contributed by atoms with Crippen LogP contribution in [-0.4, -0.2) is 17.1 Å². The van der Waals surface area contributed by atoms with Crippen molar-refractivity contribution in [3.05, 3.63) is 35.9 Å². The molecule has 0 atom stereocenters. The van der Waals surface area contributed by atoms with E-state index in [1.807, 2.05) is 22.1 Å². The normalized spacial score (nSPS) is 10.6. The minimum atomic E-state index is -0.271. The third-order valence-corrected chi connectivity index (χ3v) is 3.17. The minimum absolute atomic E-state index is 0.271. The van der Waals surface area contributed by atoms with Gasteiger partial charge < -0.3 is 9.30 Å². The average molecular weight is 235 g/mol. The largest absolute Gasteiger partial charge is 0.461 e. The van der Waals surface area contributed by atoms with Crippen molar-refractivity contribution in [1.29, 1.82) is 0 Å². The van der Waals surface area contributed by atoms with Crippen molar-refractivity contribution in [1.82, 2.24) is 4.57 Å². The van der Waals surface area contributed by atoms with Crippen molar-refractivity contribution in [2.24, 2.45) is 0 Å². The first-order valence-electron chi connectivity index (χ1n) is 5.12. The molecule has 16 heavy (non-hydrogen) atoms. The summed E-state index contributed by atoms with van der Waals surface area (Å²) in [4.78, 5) is 11.7. The Labute approximate surface area is 97.9 Å². The number of allylic oxidation sites excluding steroid dienone is 1. The van der Waals surface area contributed by atoms with Gasteiger partial charge in [0.25, 0.3) is 0 Å². The average Bonchev–Trinajstić information content (AvgIpc) is 2.81. The van der Waals surface area contributed by atoms with E-state index >= 15 is 0 Å². The maximum absolute atomic E-state index is 11.7. The molecule has 0 fully saturated rings. The first-order valence-corrected chi connectivity index (χ1v) is 6.00. The number of carbonyl (C=O) groups excluding carboxylic acids is 1. The fourth-order valence-electron chi connectivity index (χ4n) is 1.68. The first-order chi connectivity index (χ1) is 7.77. The van der Waals surface area contributed by atoms with E-state index in [4.69, 9.17) is 4.74 Å². The van der Waals surface area contributed by atoms with Gasteiger partial charge in [-0.3, -0.25) is 0 Å². The number of ether oxygens (including phenoxy) is 1. The van der Waals surface area contributed by atoms with Crippen molar-refractivity contribution >= 4 is 27.5 Å². The Morgan fingerprint density at radius 2 is 2.50 bits per heavy atom. The molecule has 2 rings (SSSR count). The summed E-state index contributed by atoms with van der Waals surface area (Å²) >= 11 is 1.62. The molecule has 0 unspecified atom stereocenters. The highest BCUT2D eigenvalue weighted by Crippen LogP contribution is 2.25. The molecule has 0 spiro atoms. The summed E-state index contributed by atoms with van der Waals surface area (Å²) in [6.45, 7) is 6.52. The van der Waals surface area contributed by atoms with E-state index in [1.54, 1.807) is 24.3 Å². The molecular formula is C12H13NO2S. The number of hydrogen-bond donors (Lipinski definition) is 0. The van der Waals surface area contributed by atoms with Gasteiger partial charge >= 0.3 is 5.97 Å². The van der Waals surface area contributed by atoms with Crippen LogP contribution in [0.3, 0.4) is 0 Å². The van der Waals surface area contributed by atoms with Gasteiger partial charge in [0.2, 0.25) is 0 Å². The molecule has 4 heteroatoms. The summed E-state index contributed by atoms with van der Waals surface area (Å²) in [5, 5.41) is 2.01. The molecule has 3 nitrogen and oxygen atoms in total. The highest BCUT2D eigenvalue weighted by atomic mass is 32.1. The molecule has 84 valence electrons. The zero-order valence-corrected chi connectivity index (χ0v) is 9.92. The first kappa shape index (κ1) is 11.0. The summed E-state index contributed by atoms with van der Waals surface area (Å²) in [5.41, 5.74) is 1.66. The molecule has 0 aliphatic rings. The molecular weight excluding hydrogens is 222 g/mol. The summed E-state index contributed by atoms with van der Waals surface area (Å²) in [6.07, 6.45) is 1.78. The van der Waals surface area contributed by atoms with Crippen LogP contribution in [0.25, 0.3) is 10.2 Å². The van der Waals surface area contributed by atoms with Gasteiger partial charge in [0.1, 0.15) is 5.69 Å². The van der Waals surface area contributed by atoms with E-state index in [9.17, 15) is 4.79 Å². The van der Waals surface area contributed by atoms with E-state index in [-0.39, 0.29) is 5.97 Å². The molecule has 0 aromatic carbocycles. The Hall–Kier alpha value is -1.55. The highest BCUT2D eigenvalue weighted by Gasteiger charge is 2.16. The third kappa shape index (κ3) is 1.76. The molecule has 0 aliphatic heterocycles. The number of thiophene rings is 1. The second kappa shape index (κ2) is 4.53. The lowest BCUT2D eigenvalue weighted by atomic mass is 10.4. The Balaban J connectivity index is 2.49. The maximum atomic E-state index is 11.7. The van der Waals surface area contributed by atoms with Gasteiger partial charge in [0.05, 0.1) is 16.8 Å². The molecule has 0 bridgehead atoms. The number of fused-ring (bicyclic) bond motifs is 1. The summed E-state index contributed by atoms with van der Waals surface area (Å²) in [5.74, 6) is -0.271. The number of hydrogen-bond acceptors (Lipinski definition) is 3. The number of aromatic nitrogens is 1. The monoisotopic (exact) mass is 235 g/mol. The van der Waals surface area contributed by atoms with Gasteiger partial charge in [-0.05, 0) is 24.4 Å². The van der Waals surface area contributed by atoms with E-state index < -0.39 is 0 Å². The van der Waals surface area contributed by atoms with E-state index in [2.05, 4.69) is 6.58 Å². The van der Waals surface area contributed by atoms with Crippen molar-refractivity contribution in [3.63, 3.8) is 0 Å². The molecule has 0 N–H and O–H groups in total. The smallest absolute Gasteiger partial charge is 0.355 e. The van der Waals surface area contributed by atoms with Gasteiger partial charge in [-0.25, -0.2) is 4.79 Å². The zero-order chi connectivity index (χ0) is 11.5. The topological polar surface area (TPSA) is 31.2 Å². The van der Waals surface area contributed by atoms with E-state index in [1.165, 1.54) is 0 Å². The SMILES string of the molecule is C=CCn1c(C(=O)OCC)cc2sccc21. The Bertz CT molecular complexity index is 524. The van der Waals surface area contributed by atoms with Gasteiger partial charge in [-0.15, -0.1) is 17.9 Å².